The summed E-state index contributed by atoms with van der Waals surface area (Å²) in [5.41, 5.74) is 0.835. The number of para-hydroxylation sites is 1. The van der Waals surface area contributed by atoms with Crippen LogP contribution in [-0.2, 0) is 10.0 Å². The Hall–Kier alpha value is -2.58. The second-order valence-electron chi connectivity index (χ2n) is 7.80. The van der Waals surface area contributed by atoms with Gasteiger partial charge in [0.1, 0.15) is 10.6 Å². The molecule has 176 valence electrons. The summed E-state index contributed by atoms with van der Waals surface area (Å²) >= 11 is 0. The molecule has 2 aromatic rings. The monoisotopic (exact) mass is 461 g/mol. The van der Waals surface area contributed by atoms with E-state index in [0.29, 0.717) is 31.1 Å². The number of sulfonamides is 1. The van der Waals surface area contributed by atoms with Crippen molar-refractivity contribution in [1.29, 1.82) is 0 Å². The van der Waals surface area contributed by atoms with E-state index in [1.54, 1.807) is 25.2 Å². The number of benzene rings is 2. The molecule has 2 aromatic carbocycles. The van der Waals surface area contributed by atoms with Gasteiger partial charge in [0.25, 0.3) is 5.91 Å². The number of carbonyl (C=O) groups excluding carboxylic acids is 1. The van der Waals surface area contributed by atoms with Gasteiger partial charge in [0.2, 0.25) is 10.0 Å². The van der Waals surface area contributed by atoms with Gasteiger partial charge in [-0.15, -0.1) is 0 Å². The lowest BCUT2D eigenvalue weighted by molar-refractivity contribution is 0.0802. The number of rotatable bonds is 12. The number of carbonyl (C=O) groups is 1. The molecule has 0 saturated carbocycles. The van der Waals surface area contributed by atoms with Crippen LogP contribution in [0.15, 0.2) is 47.4 Å². The summed E-state index contributed by atoms with van der Waals surface area (Å²) in [6, 6.07) is 12.0. The second kappa shape index (κ2) is 11.9. The normalized spacial score (nSPS) is 11.3. The first kappa shape index (κ1) is 25.7. The smallest absolute Gasteiger partial charge is 0.253 e. The van der Waals surface area contributed by atoms with Crippen LogP contribution >= 0.6 is 0 Å². The first-order valence-corrected chi connectivity index (χ1v) is 12.7. The van der Waals surface area contributed by atoms with Crippen molar-refractivity contribution in [2.75, 3.05) is 31.6 Å². The zero-order valence-electron chi connectivity index (χ0n) is 19.5. The minimum atomic E-state index is -4.16. The van der Waals surface area contributed by atoms with Gasteiger partial charge in [-0.05, 0) is 44.0 Å². The van der Waals surface area contributed by atoms with Crippen LogP contribution in [0, 0.1) is 0 Å². The highest BCUT2D eigenvalue weighted by atomic mass is 32.2. The van der Waals surface area contributed by atoms with Gasteiger partial charge in [0.15, 0.2) is 5.75 Å². The molecule has 0 unspecified atom stereocenters. The first-order valence-electron chi connectivity index (χ1n) is 11.2. The molecule has 0 bridgehead atoms. The fraction of sp³-hybridized carbons (Fsp3) is 0.458. The van der Waals surface area contributed by atoms with E-state index in [-0.39, 0.29) is 22.1 Å². The van der Waals surface area contributed by atoms with Gasteiger partial charge in [-0.25, -0.2) is 13.6 Å². The number of primary sulfonamides is 1. The van der Waals surface area contributed by atoms with Crippen LogP contribution in [0.3, 0.4) is 0 Å². The molecule has 2 N–H and O–H groups in total. The molecule has 0 fully saturated rings. The Labute approximate surface area is 192 Å². The molecule has 2 rings (SSSR count). The molecule has 7 nitrogen and oxygen atoms in total. The number of nitrogens with zero attached hydrogens (tertiary/aromatic N) is 2. The second-order valence-corrected chi connectivity index (χ2v) is 9.33. The van der Waals surface area contributed by atoms with E-state index in [1.165, 1.54) is 11.0 Å². The Bertz CT molecular complexity index is 986. The number of unbranched alkanes of at least 4 members (excludes halogenated alkanes) is 2. The molecule has 0 heterocycles. The molecular formula is C24H35N3O4S. The van der Waals surface area contributed by atoms with Crippen molar-refractivity contribution in [1.82, 2.24) is 4.90 Å². The summed E-state index contributed by atoms with van der Waals surface area (Å²) < 4.78 is 31.3. The fourth-order valence-corrected chi connectivity index (χ4v) is 3.98. The molecule has 8 heteroatoms. The maximum Gasteiger partial charge on any atom is 0.253 e. The summed E-state index contributed by atoms with van der Waals surface area (Å²) in [7, 11) is -2.48. The Morgan fingerprint density at radius 1 is 1.00 bits per heavy atom. The quantitative estimate of drug-likeness (QED) is 0.498. The lowest BCUT2D eigenvalue weighted by atomic mass is 10.1. The number of amides is 1. The molecular weight excluding hydrogens is 426 g/mol. The summed E-state index contributed by atoms with van der Waals surface area (Å²) in [6.45, 7) is 7.99. The molecule has 0 aliphatic heterocycles. The van der Waals surface area contributed by atoms with Crippen LogP contribution in [-0.4, -0.2) is 45.9 Å². The minimum Gasteiger partial charge on any atom is -0.454 e. The lowest BCUT2D eigenvalue weighted by Crippen LogP contribution is -2.29. The topological polar surface area (TPSA) is 92.9 Å². The number of nitrogens with two attached hydrogens (primary N) is 1. The number of anilines is 1. The molecule has 32 heavy (non-hydrogen) atoms. The molecule has 0 aromatic heterocycles. The predicted octanol–water partition coefficient (Wildman–Crippen LogP) is 4.62. The standard InChI is InChI=1S/C24H35N3O4S/c1-5-8-15-27(16-9-6-2)21-17-19(24(28)26(4)7-3)18-22(32(25,29)30)23(21)31-20-13-11-10-12-14-20/h10-14,17-18H,5-9,15-16H2,1-4H3,(H2,25,29,30). The highest BCUT2D eigenvalue weighted by Gasteiger charge is 2.27. The zero-order chi connectivity index (χ0) is 23.7. The SMILES string of the molecule is CCCCN(CCCC)c1cc(C(=O)N(C)CC)cc(S(N)(=O)=O)c1Oc1ccccc1. The molecule has 0 atom stereocenters. The predicted molar refractivity (Wildman–Crippen MR) is 129 cm³/mol. The molecule has 1 amide bonds. The maximum absolute atomic E-state index is 13.0. The van der Waals surface area contributed by atoms with Crippen molar-refractivity contribution < 1.29 is 17.9 Å². The fourth-order valence-electron chi connectivity index (χ4n) is 3.28. The lowest BCUT2D eigenvalue weighted by Gasteiger charge is -2.29. The van der Waals surface area contributed by atoms with Crippen LogP contribution in [0.1, 0.15) is 56.8 Å². The Balaban J connectivity index is 2.76. The minimum absolute atomic E-state index is 0.154. The van der Waals surface area contributed by atoms with Gasteiger partial charge in [-0.3, -0.25) is 4.79 Å². The van der Waals surface area contributed by atoms with Crippen molar-refractivity contribution in [3.63, 3.8) is 0 Å². The van der Waals surface area contributed by atoms with Crippen molar-refractivity contribution in [3.05, 3.63) is 48.0 Å². The zero-order valence-corrected chi connectivity index (χ0v) is 20.3. The summed E-state index contributed by atoms with van der Waals surface area (Å²) in [5.74, 6) is 0.381. The Morgan fingerprint density at radius 3 is 2.09 bits per heavy atom. The van der Waals surface area contributed by atoms with Crippen LogP contribution in [0.5, 0.6) is 11.5 Å². The Kier molecular flexibility index (Phi) is 9.53. The number of hydrogen-bond acceptors (Lipinski definition) is 5. The van der Waals surface area contributed by atoms with E-state index in [9.17, 15) is 13.2 Å². The van der Waals surface area contributed by atoms with Crippen molar-refractivity contribution in [3.8, 4) is 11.5 Å². The average Bonchev–Trinajstić information content (AvgIpc) is 2.78. The van der Waals surface area contributed by atoms with E-state index in [1.807, 2.05) is 25.1 Å². The average molecular weight is 462 g/mol. The highest BCUT2D eigenvalue weighted by Crippen LogP contribution is 2.40. The summed E-state index contributed by atoms with van der Waals surface area (Å²) in [6.07, 6.45) is 3.81. The third-order valence-electron chi connectivity index (χ3n) is 5.28. The van der Waals surface area contributed by atoms with E-state index in [4.69, 9.17) is 9.88 Å². The van der Waals surface area contributed by atoms with Crippen LogP contribution in [0.4, 0.5) is 5.69 Å². The highest BCUT2D eigenvalue weighted by molar-refractivity contribution is 7.89. The van der Waals surface area contributed by atoms with Crippen LogP contribution < -0.4 is 14.8 Å². The first-order chi connectivity index (χ1) is 15.2. The number of hydrogen-bond donors (Lipinski definition) is 1. The third kappa shape index (κ3) is 6.71. The summed E-state index contributed by atoms with van der Waals surface area (Å²) in [5, 5.41) is 5.61. The Morgan fingerprint density at radius 2 is 1.59 bits per heavy atom. The van der Waals surface area contributed by atoms with Crippen molar-refractivity contribution in [2.24, 2.45) is 5.14 Å². The molecule has 0 spiro atoms. The maximum atomic E-state index is 13.0. The van der Waals surface area contributed by atoms with Gasteiger partial charge in [0, 0.05) is 32.2 Å². The van der Waals surface area contributed by atoms with Crippen molar-refractivity contribution >= 4 is 21.6 Å². The van der Waals surface area contributed by atoms with Gasteiger partial charge in [-0.2, -0.15) is 0 Å². The van der Waals surface area contributed by atoms with Crippen LogP contribution in [0.2, 0.25) is 0 Å². The van der Waals surface area contributed by atoms with E-state index in [2.05, 4.69) is 18.7 Å². The molecule has 0 aliphatic carbocycles. The largest absolute Gasteiger partial charge is 0.454 e. The van der Waals surface area contributed by atoms with E-state index < -0.39 is 10.0 Å². The third-order valence-corrected chi connectivity index (χ3v) is 6.19. The molecule has 0 aliphatic rings. The van der Waals surface area contributed by atoms with Gasteiger partial charge in [0.05, 0.1) is 5.69 Å². The molecule has 0 radical (unpaired) electrons. The van der Waals surface area contributed by atoms with Gasteiger partial charge >= 0.3 is 0 Å². The summed E-state index contributed by atoms with van der Waals surface area (Å²) in [4.78, 5) is 16.4. The number of ether oxygens (including phenoxy) is 1. The van der Waals surface area contributed by atoms with Crippen molar-refractivity contribution in [2.45, 2.75) is 51.3 Å². The van der Waals surface area contributed by atoms with E-state index >= 15 is 0 Å². The molecule has 0 saturated heterocycles. The van der Waals surface area contributed by atoms with E-state index in [0.717, 1.165) is 25.7 Å². The van der Waals surface area contributed by atoms with Gasteiger partial charge < -0.3 is 14.5 Å². The van der Waals surface area contributed by atoms with Crippen LogP contribution in [0.25, 0.3) is 0 Å². The van der Waals surface area contributed by atoms with Gasteiger partial charge in [-0.1, -0.05) is 44.9 Å².